The minimum absolute atomic E-state index is 0.0333. The maximum Gasteiger partial charge on any atom is 0.256 e. The van der Waals surface area contributed by atoms with Gasteiger partial charge in [-0.25, -0.2) is 24.3 Å². The summed E-state index contributed by atoms with van der Waals surface area (Å²) >= 11 is 0. The van der Waals surface area contributed by atoms with Gasteiger partial charge in [0.05, 0.1) is 19.0 Å². The molecule has 1 saturated heterocycles. The average Bonchev–Trinajstić information content (AvgIpc) is 3.38. The summed E-state index contributed by atoms with van der Waals surface area (Å²) in [5.41, 5.74) is 0.789. The summed E-state index contributed by atoms with van der Waals surface area (Å²) in [6, 6.07) is 4.30. The van der Waals surface area contributed by atoms with Crippen molar-refractivity contribution in [2.45, 2.75) is 33.2 Å². The standard InChI is InChI=1S/C27H34FN9O2/c1-27(2,3)21(39-6)12-22(29)34-25(38)16-7-8-18(28)19(11-16)33-24-23-20(31-15-32-24)13-30-26(35-23)37-10-9-17(14-37)36(4)5/h7-8,11-13,15,17H,9-10,14H2,1-6H3,(H2,29,34,38)(H,31,32,33)/b21-12-. The van der Waals surface area contributed by atoms with Gasteiger partial charge in [-0.2, -0.15) is 0 Å². The van der Waals surface area contributed by atoms with Gasteiger partial charge in [-0.15, -0.1) is 0 Å². The summed E-state index contributed by atoms with van der Waals surface area (Å²) in [7, 11) is 5.62. The van der Waals surface area contributed by atoms with E-state index in [2.05, 4.69) is 54.5 Å². The summed E-state index contributed by atoms with van der Waals surface area (Å²) in [6.45, 7) is 7.43. The fraction of sp³-hybridized carbons (Fsp3) is 0.407. The largest absolute Gasteiger partial charge is 0.500 e. The van der Waals surface area contributed by atoms with Gasteiger partial charge in [0.25, 0.3) is 5.91 Å². The number of benzene rings is 1. The van der Waals surface area contributed by atoms with E-state index in [-0.39, 0.29) is 28.3 Å². The molecule has 1 aliphatic heterocycles. The molecule has 1 aliphatic rings. The van der Waals surface area contributed by atoms with Crippen molar-refractivity contribution < 1.29 is 13.9 Å². The molecule has 4 rings (SSSR count). The first kappa shape index (κ1) is 27.8. The molecular formula is C27H34FN9O2. The normalized spacial score (nSPS) is 16.1. The third-order valence-corrected chi connectivity index (χ3v) is 6.51. The highest BCUT2D eigenvalue weighted by atomic mass is 19.1. The van der Waals surface area contributed by atoms with Crippen LogP contribution in [0.1, 0.15) is 37.6 Å². The molecule has 1 aromatic carbocycles. The number of ether oxygens (including phenoxy) is 1. The fourth-order valence-electron chi connectivity index (χ4n) is 4.27. The molecule has 0 saturated carbocycles. The second-order valence-corrected chi connectivity index (χ2v) is 10.6. The van der Waals surface area contributed by atoms with Crippen LogP contribution in [0.15, 0.2) is 42.6 Å². The van der Waals surface area contributed by atoms with E-state index >= 15 is 0 Å². The Kier molecular flexibility index (Phi) is 8.05. The zero-order valence-corrected chi connectivity index (χ0v) is 23.0. The number of allylic oxidation sites excluding steroid dienone is 1. The highest BCUT2D eigenvalue weighted by molar-refractivity contribution is 6.09. The second-order valence-electron chi connectivity index (χ2n) is 10.6. The Morgan fingerprint density at radius 3 is 2.69 bits per heavy atom. The summed E-state index contributed by atoms with van der Waals surface area (Å²) in [4.78, 5) is 34.8. The van der Waals surface area contributed by atoms with Crippen LogP contribution in [-0.4, -0.2) is 76.9 Å². The Morgan fingerprint density at radius 2 is 2.03 bits per heavy atom. The lowest BCUT2D eigenvalue weighted by molar-refractivity contribution is 0.0977. The lowest BCUT2D eigenvalue weighted by Gasteiger charge is -2.21. The van der Waals surface area contributed by atoms with Crippen LogP contribution in [0.4, 0.5) is 21.8 Å². The number of carbonyl (C=O) groups is 1. The first-order valence-electron chi connectivity index (χ1n) is 12.6. The Hall–Kier alpha value is -4.19. The van der Waals surface area contributed by atoms with Crippen LogP contribution in [0.2, 0.25) is 0 Å². The molecule has 0 spiro atoms. The maximum absolute atomic E-state index is 14.8. The zero-order valence-electron chi connectivity index (χ0n) is 23.0. The van der Waals surface area contributed by atoms with Crippen molar-refractivity contribution in [3.63, 3.8) is 0 Å². The molecular weight excluding hydrogens is 501 g/mol. The van der Waals surface area contributed by atoms with E-state index in [0.29, 0.717) is 28.8 Å². The summed E-state index contributed by atoms with van der Waals surface area (Å²) < 4.78 is 20.2. The minimum Gasteiger partial charge on any atom is -0.500 e. The van der Waals surface area contributed by atoms with Crippen LogP contribution < -0.4 is 15.5 Å². The zero-order chi connectivity index (χ0) is 28.3. The van der Waals surface area contributed by atoms with E-state index in [9.17, 15) is 9.18 Å². The van der Waals surface area contributed by atoms with Crippen LogP contribution in [-0.2, 0) is 4.74 Å². The number of fused-ring (bicyclic) bond motifs is 1. The van der Waals surface area contributed by atoms with Gasteiger partial charge in [0.15, 0.2) is 5.82 Å². The molecule has 0 aliphatic carbocycles. The van der Waals surface area contributed by atoms with Crippen molar-refractivity contribution in [2.75, 3.05) is 44.5 Å². The van der Waals surface area contributed by atoms with Gasteiger partial charge in [0.1, 0.15) is 34.8 Å². The molecule has 3 N–H and O–H groups in total. The van der Waals surface area contributed by atoms with Crippen LogP contribution in [0.5, 0.6) is 0 Å². The van der Waals surface area contributed by atoms with Crippen molar-refractivity contribution >= 4 is 40.2 Å². The molecule has 1 amide bonds. The SMILES string of the molecule is CO/C(=C\C(=N)NC(=O)c1ccc(F)c(Nc2ncnc3cnc(N4CCC(N(C)C)C4)nc23)c1)C(C)(C)C. The highest BCUT2D eigenvalue weighted by Crippen LogP contribution is 2.27. The van der Waals surface area contributed by atoms with E-state index < -0.39 is 11.7 Å². The lowest BCUT2D eigenvalue weighted by atomic mass is 9.93. The Balaban J connectivity index is 1.57. The van der Waals surface area contributed by atoms with Crippen LogP contribution in [0.25, 0.3) is 11.0 Å². The fourth-order valence-corrected chi connectivity index (χ4v) is 4.27. The van der Waals surface area contributed by atoms with Crippen molar-refractivity contribution in [1.82, 2.24) is 30.2 Å². The number of likely N-dealkylation sites (N-methyl/N-ethyl adjacent to an activating group) is 1. The maximum atomic E-state index is 14.8. The predicted molar refractivity (Wildman–Crippen MR) is 149 cm³/mol. The van der Waals surface area contributed by atoms with Gasteiger partial charge in [-0.3, -0.25) is 10.2 Å². The summed E-state index contributed by atoms with van der Waals surface area (Å²) in [5.74, 6) is 0.0905. The van der Waals surface area contributed by atoms with Gasteiger partial charge in [0, 0.05) is 36.2 Å². The number of rotatable bonds is 7. The number of hydrogen-bond acceptors (Lipinski definition) is 10. The number of nitrogens with zero attached hydrogens (tertiary/aromatic N) is 6. The third-order valence-electron chi connectivity index (χ3n) is 6.51. The smallest absolute Gasteiger partial charge is 0.256 e. The minimum atomic E-state index is -0.578. The Bertz CT molecular complexity index is 1420. The van der Waals surface area contributed by atoms with Crippen molar-refractivity contribution in [2.24, 2.45) is 5.41 Å². The number of amidine groups is 1. The van der Waals surface area contributed by atoms with Gasteiger partial charge in [0.2, 0.25) is 5.95 Å². The summed E-state index contributed by atoms with van der Waals surface area (Å²) in [5, 5.41) is 13.6. The first-order chi connectivity index (χ1) is 18.5. The third kappa shape index (κ3) is 6.45. The van der Waals surface area contributed by atoms with Gasteiger partial charge < -0.3 is 25.2 Å². The van der Waals surface area contributed by atoms with E-state index in [1.165, 1.54) is 37.7 Å². The monoisotopic (exact) mass is 535 g/mol. The second kappa shape index (κ2) is 11.3. The van der Waals surface area contributed by atoms with Gasteiger partial charge in [-0.05, 0) is 38.7 Å². The predicted octanol–water partition coefficient (Wildman–Crippen LogP) is 3.73. The molecule has 206 valence electrons. The Labute approximate surface area is 227 Å². The lowest BCUT2D eigenvalue weighted by Crippen LogP contribution is -2.32. The molecule has 11 nitrogen and oxygen atoms in total. The number of carbonyl (C=O) groups excluding carboxylic acids is 1. The molecule has 1 unspecified atom stereocenters. The molecule has 3 aromatic rings. The molecule has 1 atom stereocenters. The highest BCUT2D eigenvalue weighted by Gasteiger charge is 2.26. The Morgan fingerprint density at radius 1 is 1.26 bits per heavy atom. The average molecular weight is 536 g/mol. The number of amides is 1. The number of halogens is 1. The summed E-state index contributed by atoms with van der Waals surface area (Å²) in [6.07, 6.45) is 5.42. The molecule has 0 bridgehead atoms. The van der Waals surface area contributed by atoms with Crippen LogP contribution >= 0.6 is 0 Å². The van der Waals surface area contributed by atoms with E-state index in [0.717, 1.165) is 19.5 Å². The number of methoxy groups -OCH3 is 1. The molecule has 2 aromatic heterocycles. The quantitative estimate of drug-likeness (QED) is 0.235. The van der Waals surface area contributed by atoms with Crippen molar-refractivity contribution in [3.05, 3.63) is 53.9 Å². The molecule has 3 heterocycles. The van der Waals surface area contributed by atoms with Gasteiger partial charge >= 0.3 is 0 Å². The molecule has 1 fully saturated rings. The van der Waals surface area contributed by atoms with Crippen LogP contribution in [0, 0.1) is 16.6 Å². The van der Waals surface area contributed by atoms with E-state index in [1.54, 1.807) is 6.20 Å². The van der Waals surface area contributed by atoms with Crippen molar-refractivity contribution in [1.29, 1.82) is 5.41 Å². The topological polar surface area (TPSA) is 132 Å². The molecule has 12 heteroatoms. The molecule has 0 radical (unpaired) electrons. The number of hydrogen-bond donors (Lipinski definition) is 3. The van der Waals surface area contributed by atoms with Crippen molar-refractivity contribution in [3.8, 4) is 0 Å². The van der Waals surface area contributed by atoms with E-state index in [4.69, 9.17) is 10.1 Å². The van der Waals surface area contributed by atoms with Gasteiger partial charge in [-0.1, -0.05) is 20.8 Å². The number of aromatic nitrogens is 4. The van der Waals surface area contributed by atoms with Crippen LogP contribution in [0.3, 0.4) is 0 Å². The molecule has 39 heavy (non-hydrogen) atoms. The number of anilines is 3. The van der Waals surface area contributed by atoms with E-state index in [1.807, 2.05) is 20.8 Å². The first-order valence-corrected chi connectivity index (χ1v) is 12.6. The number of nitrogens with one attached hydrogen (secondary N) is 3.